The number of carbonyl (C=O) groups excluding carboxylic acids is 1. The zero-order valence-electron chi connectivity index (χ0n) is 20.5. The third kappa shape index (κ3) is 8.37. The van der Waals surface area contributed by atoms with Gasteiger partial charge in [0.1, 0.15) is 12.4 Å². The van der Waals surface area contributed by atoms with Crippen molar-refractivity contribution in [1.82, 2.24) is 25.5 Å². The summed E-state index contributed by atoms with van der Waals surface area (Å²) in [4.78, 5) is 22.6. The number of aryl methyl sites for hydroxylation is 1. The van der Waals surface area contributed by atoms with Gasteiger partial charge in [-0.1, -0.05) is 41.6 Å². The fraction of sp³-hybridized carbons (Fsp3) is 0.500. The predicted molar refractivity (Wildman–Crippen MR) is 131 cm³/mol. The van der Waals surface area contributed by atoms with Crippen LogP contribution in [0.1, 0.15) is 44.0 Å². The number of tetrazole rings is 1. The van der Waals surface area contributed by atoms with Crippen molar-refractivity contribution < 1.29 is 19.1 Å². The molecule has 3 rings (SSSR count). The van der Waals surface area contributed by atoms with Gasteiger partial charge in [0.15, 0.2) is 5.71 Å². The molecule has 1 aromatic heterocycles. The van der Waals surface area contributed by atoms with Crippen LogP contribution in [-0.2, 0) is 26.2 Å². The second-order valence-corrected chi connectivity index (χ2v) is 8.01. The maximum absolute atomic E-state index is 12.4. The maximum Gasteiger partial charge on any atom is 0.225 e. The third-order valence-electron chi connectivity index (χ3n) is 5.26. The van der Waals surface area contributed by atoms with E-state index >= 15 is 0 Å². The molecule has 2 aromatic rings. The van der Waals surface area contributed by atoms with E-state index in [1.54, 1.807) is 14.2 Å². The van der Waals surface area contributed by atoms with Gasteiger partial charge in [-0.3, -0.25) is 9.79 Å². The van der Waals surface area contributed by atoms with Crippen LogP contribution in [0.3, 0.4) is 0 Å². The zero-order chi connectivity index (χ0) is 24.9. The smallest absolute Gasteiger partial charge is 0.225 e. The topological polar surface area (TPSA) is 125 Å². The molecule has 2 atom stereocenters. The summed E-state index contributed by atoms with van der Waals surface area (Å²) >= 11 is 0. The molecule has 0 radical (unpaired) electrons. The molecule has 0 fully saturated rings. The second kappa shape index (κ2) is 14.1. The molecule has 0 saturated heterocycles. The van der Waals surface area contributed by atoms with Crippen molar-refractivity contribution in [1.29, 1.82) is 0 Å². The number of hydrogen-bond acceptors (Lipinski definition) is 9. The zero-order valence-corrected chi connectivity index (χ0v) is 20.5. The average molecular weight is 484 g/mol. The fourth-order valence-electron chi connectivity index (χ4n) is 3.58. The molecule has 0 saturated carbocycles. The van der Waals surface area contributed by atoms with Crippen molar-refractivity contribution in [2.45, 2.75) is 44.8 Å². The maximum atomic E-state index is 12.4. The van der Waals surface area contributed by atoms with Crippen LogP contribution in [0.4, 0.5) is 0 Å². The lowest BCUT2D eigenvalue weighted by molar-refractivity contribution is -0.119. The number of ether oxygens (including phenoxy) is 2. The molecule has 2 heterocycles. The number of methoxy groups -OCH3 is 1. The van der Waals surface area contributed by atoms with Gasteiger partial charge >= 0.3 is 0 Å². The Morgan fingerprint density at radius 3 is 2.86 bits per heavy atom. The standard InChI is InChI=1S/C24H33N7O4/c1-4-34-20(17-33-3)13-9-15-22(32)26-21-14-8-12-19(25-21)16-35-28-23(18-10-6-5-7-11-18)24-27-29-30-31(24)2/h5-8,10-11,14,19-20H,4,9,12-13,15-17H2,1-3H3,(H,25,26,32)/b28-23-. The summed E-state index contributed by atoms with van der Waals surface area (Å²) in [5, 5.41) is 18.8. The number of oxime groups is 1. The van der Waals surface area contributed by atoms with Gasteiger partial charge in [-0.15, -0.1) is 5.10 Å². The minimum absolute atomic E-state index is 0.00454. The number of nitrogens with one attached hydrogen (secondary N) is 1. The van der Waals surface area contributed by atoms with Gasteiger partial charge in [-0.25, -0.2) is 4.68 Å². The molecule has 11 nitrogen and oxygen atoms in total. The van der Waals surface area contributed by atoms with Gasteiger partial charge in [-0.2, -0.15) is 0 Å². The van der Waals surface area contributed by atoms with Gasteiger partial charge in [0.05, 0.1) is 18.8 Å². The van der Waals surface area contributed by atoms with E-state index < -0.39 is 0 Å². The van der Waals surface area contributed by atoms with Crippen LogP contribution in [0.15, 0.2) is 52.6 Å². The predicted octanol–water partition coefficient (Wildman–Crippen LogP) is 2.04. The lowest BCUT2D eigenvalue weighted by Crippen LogP contribution is -2.32. The Bertz CT molecular complexity index is 1010. The number of rotatable bonds is 13. The first-order valence-electron chi connectivity index (χ1n) is 11.7. The molecule has 0 spiro atoms. The minimum atomic E-state index is -0.169. The van der Waals surface area contributed by atoms with Gasteiger partial charge in [0.2, 0.25) is 11.7 Å². The second-order valence-electron chi connectivity index (χ2n) is 8.01. The number of carbonyl (C=O) groups is 1. The molecular weight excluding hydrogens is 450 g/mol. The molecule has 0 aliphatic carbocycles. The summed E-state index contributed by atoms with van der Waals surface area (Å²) in [6, 6.07) is 9.41. The Morgan fingerprint density at radius 1 is 1.31 bits per heavy atom. The largest absolute Gasteiger partial charge is 0.393 e. The van der Waals surface area contributed by atoms with Gasteiger partial charge < -0.3 is 19.6 Å². The number of nitrogens with zero attached hydrogens (tertiary/aromatic N) is 6. The Labute approximate surface area is 205 Å². The highest BCUT2D eigenvalue weighted by atomic mass is 16.6. The van der Waals surface area contributed by atoms with Crippen molar-refractivity contribution in [2.24, 2.45) is 17.2 Å². The number of amides is 1. The highest BCUT2D eigenvalue weighted by Gasteiger charge is 2.17. The fourth-order valence-corrected chi connectivity index (χ4v) is 3.58. The van der Waals surface area contributed by atoms with Crippen molar-refractivity contribution >= 4 is 17.5 Å². The van der Waals surface area contributed by atoms with Gasteiger partial charge in [0.25, 0.3) is 0 Å². The van der Waals surface area contributed by atoms with Crippen LogP contribution in [0.5, 0.6) is 0 Å². The highest BCUT2D eigenvalue weighted by Crippen LogP contribution is 2.11. The first-order valence-corrected chi connectivity index (χ1v) is 11.7. The van der Waals surface area contributed by atoms with E-state index in [1.807, 2.05) is 49.4 Å². The first-order chi connectivity index (χ1) is 17.1. The Hall–Kier alpha value is -3.44. The molecule has 1 amide bonds. The van der Waals surface area contributed by atoms with Crippen molar-refractivity contribution in [3.05, 3.63) is 53.9 Å². The van der Waals surface area contributed by atoms with Crippen LogP contribution >= 0.6 is 0 Å². The Morgan fingerprint density at radius 2 is 2.14 bits per heavy atom. The molecule has 188 valence electrons. The van der Waals surface area contributed by atoms with Gasteiger partial charge in [0, 0.05) is 32.7 Å². The Kier molecular flexibility index (Phi) is 10.5. The van der Waals surface area contributed by atoms with E-state index in [1.165, 1.54) is 4.68 Å². The summed E-state index contributed by atoms with van der Waals surface area (Å²) in [5.74, 6) is 0.938. The minimum Gasteiger partial charge on any atom is -0.393 e. The number of benzene rings is 1. The van der Waals surface area contributed by atoms with Crippen LogP contribution in [0, 0.1) is 0 Å². The molecule has 11 heteroatoms. The number of dihydropyridines is 1. The van der Waals surface area contributed by atoms with E-state index in [-0.39, 0.29) is 24.7 Å². The van der Waals surface area contributed by atoms with Crippen LogP contribution in [-0.4, -0.2) is 76.7 Å². The normalized spacial score (nSPS) is 16.6. The summed E-state index contributed by atoms with van der Waals surface area (Å²) < 4.78 is 12.3. The molecule has 1 aliphatic rings. The summed E-state index contributed by atoms with van der Waals surface area (Å²) in [6.45, 7) is 3.34. The SMILES string of the molecule is CCOC(CCCC(=O)NC1=NC(CO/N=C(/c2ccccc2)c2nnnn2C)CC=C1)COC. The Balaban J connectivity index is 1.53. The van der Waals surface area contributed by atoms with Crippen LogP contribution in [0.25, 0.3) is 0 Å². The first kappa shape index (κ1) is 26.2. The van der Waals surface area contributed by atoms with Crippen molar-refractivity contribution in [2.75, 3.05) is 26.9 Å². The van der Waals surface area contributed by atoms with E-state index in [2.05, 4.69) is 31.0 Å². The lowest BCUT2D eigenvalue weighted by Gasteiger charge is -2.17. The highest BCUT2D eigenvalue weighted by molar-refractivity contribution is 6.10. The molecule has 35 heavy (non-hydrogen) atoms. The molecule has 1 aromatic carbocycles. The quantitative estimate of drug-likeness (QED) is 0.341. The molecule has 0 bridgehead atoms. The van der Waals surface area contributed by atoms with Crippen LogP contribution < -0.4 is 5.32 Å². The van der Waals surface area contributed by atoms with E-state index in [4.69, 9.17) is 14.3 Å². The monoisotopic (exact) mass is 483 g/mol. The van der Waals surface area contributed by atoms with Crippen molar-refractivity contribution in [3.63, 3.8) is 0 Å². The van der Waals surface area contributed by atoms with Crippen LogP contribution in [0.2, 0.25) is 0 Å². The number of amidine groups is 1. The number of aliphatic imine (C=N–C) groups is 1. The van der Waals surface area contributed by atoms with E-state index in [9.17, 15) is 4.79 Å². The lowest BCUT2D eigenvalue weighted by atomic mass is 10.1. The molecule has 2 unspecified atom stereocenters. The average Bonchev–Trinajstić information content (AvgIpc) is 3.28. The van der Waals surface area contributed by atoms with E-state index in [0.717, 1.165) is 12.0 Å². The third-order valence-corrected chi connectivity index (χ3v) is 5.26. The summed E-state index contributed by atoms with van der Waals surface area (Å²) in [5.41, 5.74) is 1.36. The van der Waals surface area contributed by atoms with Gasteiger partial charge in [-0.05, 0) is 42.7 Å². The van der Waals surface area contributed by atoms with Crippen molar-refractivity contribution in [3.8, 4) is 0 Å². The molecule has 1 aliphatic heterocycles. The van der Waals surface area contributed by atoms with E-state index in [0.29, 0.717) is 49.8 Å². The molecular formula is C24H33N7O4. The molecule has 1 N–H and O–H groups in total. The summed E-state index contributed by atoms with van der Waals surface area (Å²) in [6.07, 6.45) is 6.32. The number of hydrogen-bond donors (Lipinski definition) is 1. The summed E-state index contributed by atoms with van der Waals surface area (Å²) in [7, 11) is 3.39. The number of aromatic nitrogens is 4.